The van der Waals surface area contributed by atoms with Crippen LogP contribution in [0.4, 0.5) is 0 Å². The van der Waals surface area contributed by atoms with Crippen molar-refractivity contribution in [2.75, 3.05) is 26.4 Å². The van der Waals surface area contributed by atoms with E-state index in [0.29, 0.717) is 19.3 Å². The Balaban J connectivity index is 4.73. The fourth-order valence-electron chi connectivity index (χ4n) is 8.14. The molecule has 0 aromatic carbocycles. The van der Waals surface area contributed by atoms with Gasteiger partial charge in [0.2, 0.25) is 0 Å². The predicted octanol–water partition coefficient (Wildman–Crippen LogP) is 17.4. The molecule has 0 heterocycles. The van der Waals surface area contributed by atoms with E-state index in [4.69, 9.17) is 23.3 Å². The molecule has 0 aliphatic rings. The molecule has 0 amide bonds. The Kier molecular flexibility index (Phi) is 52.7. The van der Waals surface area contributed by atoms with Crippen molar-refractivity contribution in [2.24, 2.45) is 0 Å². The summed E-state index contributed by atoms with van der Waals surface area (Å²) >= 11 is 0. The van der Waals surface area contributed by atoms with E-state index in [1.165, 1.54) is 109 Å². The van der Waals surface area contributed by atoms with E-state index < -0.39 is 57.8 Å². The first-order chi connectivity index (χ1) is 35.2. The average molecular weight is 1040 g/mol. The summed E-state index contributed by atoms with van der Waals surface area (Å²) in [4.78, 5) is 48.5. The van der Waals surface area contributed by atoms with E-state index in [2.05, 4.69) is 69.4 Å². The van der Waals surface area contributed by atoms with Crippen LogP contribution < -0.4 is 0 Å². The fraction of sp³-hybridized carbons (Fsp3) is 0.817. The van der Waals surface area contributed by atoms with Crippen LogP contribution in [0, 0.1) is 0 Å². The Morgan fingerprint density at radius 2 is 0.681 bits per heavy atom. The maximum absolute atomic E-state index is 12.9. The second-order valence-electron chi connectivity index (χ2n) is 19.8. The molecule has 12 heteroatoms. The number of carbonyl (C=O) groups excluding carboxylic acids is 3. The third-order valence-corrected chi connectivity index (χ3v) is 13.6. The van der Waals surface area contributed by atoms with Crippen molar-refractivity contribution in [3.63, 3.8) is 0 Å². The number of esters is 3. The minimum absolute atomic E-state index is 0.151. The molecular formula is C60H109O11P. The van der Waals surface area contributed by atoms with Gasteiger partial charge in [0.05, 0.1) is 19.8 Å². The zero-order valence-electron chi connectivity index (χ0n) is 46.4. The maximum atomic E-state index is 12.9. The number of hydrogen-bond acceptors (Lipinski definition) is 10. The van der Waals surface area contributed by atoms with Crippen molar-refractivity contribution >= 4 is 25.7 Å². The number of phosphoric ester groups is 1. The Labute approximate surface area is 441 Å². The van der Waals surface area contributed by atoms with Gasteiger partial charge in [-0.15, -0.1) is 0 Å². The van der Waals surface area contributed by atoms with Crippen LogP contribution >= 0.6 is 7.82 Å². The monoisotopic (exact) mass is 1040 g/mol. The maximum Gasteiger partial charge on any atom is 0.472 e. The molecule has 0 saturated carbocycles. The first-order valence-electron chi connectivity index (χ1n) is 29.5. The van der Waals surface area contributed by atoms with E-state index in [9.17, 15) is 28.9 Å². The summed E-state index contributed by atoms with van der Waals surface area (Å²) in [6.45, 7) is 4.60. The van der Waals surface area contributed by atoms with Gasteiger partial charge in [0, 0.05) is 19.3 Å². The van der Waals surface area contributed by atoms with Crippen LogP contribution in [0.25, 0.3) is 0 Å². The van der Waals surface area contributed by atoms with Crippen LogP contribution in [0.1, 0.15) is 278 Å². The number of unbranched alkanes of at least 4 members (excludes halogenated alkanes) is 30. The number of rotatable bonds is 55. The third-order valence-electron chi connectivity index (χ3n) is 12.7. The fourth-order valence-corrected chi connectivity index (χ4v) is 8.92. The van der Waals surface area contributed by atoms with Gasteiger partial charge in [-0.2, -0.15) is 0 Å². The zero-order chi connectivity index (χ0) is 52.7. The molecule has 0 spiro atoms. The second-order valence-corrected chi connectivity index (χ2v) is 21.3. The van der Waals surface area contributed by atoms with E-state index in [-0.39, 0.29) is 25.9 Å². The largest absolute Gasteiger partial charge is 0.472 e. The molecule has 420 valence electrons. The summed E-state index contributed by atoms with van der Waals surface area (Å²) in [5.74, 6) is -1.48. The molecule has 0 fully saturated rings. The summed E-state index contributed by atoms with van der Waals surface area (Å²) in [5.41, 5.74) is 0. The van der Waals surface area contributed by atoms with Gasteiger partial charge in [-0.25, -0.2) is 4.57 Å². The molecule has 0 rings (SSSR count). The quantitative estimate of drug-likeness (QED) is 0.0197. The zero-order valence-corrected chi connectivity index (χ0v) is 47.3. The number of aliphatic hydroxyl groups excluding tert-OH is 1. The van der Waals surface area contributed by atoms with E-state index in [1.807, 2.05) is 0 Å². The molecule has 0 aliphatic heterocycles. The average Bonchev–Trinajstić information content (AvgIpc) is 3.37. The second kappa shape index (κ2) is 54.7. The number of allylic oxidation sites excluding steroid dienone is 8. The number of hydrogen-bond donors (Lipinski definition) is 2. The summed E-state index contributed by atoms with van der Waals surface area (Å²) in [5, 5.41) is 9.81. The molecule has 0 aromatic heterocycles. The normalized spacial score (nSPS) is 13.7. The first-order valence-corrected chi connectivity index (χ1v) is 31.0. The standard InChI is InChI=1S/C60H109O11P/c1-4-7-10-13-16-19-22-25-27-28-30-32-34-37-40-43-46-49-58(62)67-53-57(71-60(64)51-48-45-42-39-36-33-29-26-23-20-17-14-11-8-5-2)55-69-72(65,66)68-54-56(52-61)70-59(63)50-47-44-41-38-35-31-24-21-18-15-12-9-6-3/h17,20-21,24-27,29,56-57,61H,4-16,18-19,22-23,28,30-55H2,1-3H3,(H,65,66)/b20-17-,24-21-,27-25-,29-26-. The Morgan fingerprint density at radius 1 is 0.389 bits per heavy atom. The minimum Gasteiger partial charge on any atom is -0.462 e. The summed E-state index contributed by atoms with van der Waals surface area (Å²) in [6, 6.07) is 0. The summed E-state index contributed by atoms with van der Waals surface area (Å²) in [7, 11) is -4.75. The molecular weight excluding hydrogens is 928 g/mol. The van der Waals surface area contributed by atoms with Gasteiger partial charge in [0.25, 0.3) is 0 Å². The molecule has 11 nitrogen and oxygen atoms in total. The smallest absolute Gasteiger partial charge is 0.462 e. The Bertz CT molecular complexity index is 1400. The van der Waals surface area contributed by atoms with Gasteiger partial charge >= 0.3 is 25.7 Å². The van der Waals surface area contributed by atoms with E-state index in [0.717, 1.165) is 109 Å². The van der Waals surface area contributed by atoms with Crippen molar-refractivity contribution in [3.8, 4) is 0 Å². The highest BCUT2D eigenvalue weighted by Gasteiger charge is 2.28. The van der Waals surface area contributed by atoms with E-state index >= 15 is 0 Å². The molecule has 72 heavy (non-hydrogen) atoms. The molecule has 0 saturated heterocycles. The molecule has 0 aromatic rings. The van der Waals surface area contributed by atoms with Crippen LogP contribution in [0.15, 0.2) is 48.6 Å². The van der Waals surface area contributed by atoms with Crippen LogP contribution in [0.2, 0.25) is 0 Å². The highest BCUT2D eigenvalue weighted by atomic mass is 31.2. The van der Waals surface area contributed by atoms with E-state index in [1.54, 1.807) is 0 Å². The molecule has 2 N–H and O–H groups in total. The number of aliphatic hydroxyl groups is 1. The van der Waals surface area contributed by atoms with Crippen LogP contribution in [-0.2, 0) is 42.2 Å². The lowest BCUT2D eigenvalue weighted by molar-refractivity contribution is -0.161. The van der Waals surface area contributed by atoms with Gasteiger partial charge in [-0.1, -0.05) is 204 Å². The van der Waals surface area contributed by atoms with Crippen LogP contribution in [-0.4, -0.2) is 66.5 Å². The highest BCUT2D eigenvalue weighted by Crippen LogP contribution is 2.43. The molecule has 3 atom stereocenters. The van der Waals surface area contributed by atoms with Crippen molar-refractivity contribution in [1.82, 2.24) is 0 Å². The van der Waals surface area contributed by atoms with Gasteiger partial charge in [0.15, 0.2) is 6.10 Å². The lowest BCUT2D eigenvalue weighted by Crippen LogP contribution is -2.30. The molecule has 0 radical (unpaired) electrons. The number of carbonyl (C=O) groups is 3. The van der Waals surface area contributed by atoms with Crippen LogP contribution in [0.5, 0.6) is 0 Å². The lowest BCUT2D eigenvalue weighted by Gasteiger charge is -2.21. The van der Waals surface area contributed by atoms with Crippen LogP contribution in [0.3, 0.4) is 0 Å². The molecule has 0 aliphatic carbocycles. The summed E-state index contributed by atoms with van der Waals surface area (Å²) in [6.07, 6.45) is 57.8. The Hall–Kier alpha value is -2.56. The summed E-state index contributed by atoms with van der Waals surface area (Å²) < 4.78 is 39.5. The van der Waals surface area contributed by atoms with Gasteiger partial charge in [-0.3, -0.25) is 23.4 Å². The predicted molar refractivity (Wildman–Crippen MR) is 298 cm³/mol. The SMILES string of the molecule is CCCCC/C=C\C/C=C\CCCCCCCC(=O)OC(COC(=O)CCCCCCCCC/C=C\CCCCCCCC)COP(=O)(O)OCC(CO)OC(=O)CCCCCCC/C=C\CCCCCC. The van der Waals surface area contributed by atoms with Crippen molar-refractivity contribution in [1.29, 1.82) is 0 Å². The number of ether oxygens (including phenoxy) is 3. The third kappa shape index (κ3) is 52.3. The van der Waals surface area contributed by atoms with Gasteiger partial charge in [-0.05, 0) is 103 Å². The number of phosphoric acid groups is 1. The Morgan fingerprint density at radius 3 is 1.08 bits per heavy atom. The van der Waals surface area contributed by atoms with Crippen molar-refractivity contribution in [3.05, 3.63) is 48.6 Å². The molecule has 0 bridgehead atoms. The van der Waals surface area contributed by atoms with Gasteiger partial charge < -0.3 is 24.2 Å². The molecule has 3 unspecified atom stereocenters. The van der Waals surface area contributed by atoms with Crippen molar-refractivity contribution in [2.45, 2.75) is 290 Å². The van der Waals surface area contributed by atoms with Gasteiger partial charge in [0.1, 0.15) is 12.7 Å². The lowest BCUT2D eigenvalue weighted by atomic mass is 10.1. The topological polar surface area (TPSA) is 155 Å². The van der Waals surface area contributed by atoms with Crippen molar-refractivity contribution < 1.29 is 52.2 Å². The highest BCUT2D eigenvalue weighted by molar-refractivity contribution is 7.47. The minimum atomic E-state index is -4.75. The first kappa shape index (κ1) is 69.4.